The van der Waals surface area contributed by atoms with Crippen molar-refractivity contribution in [2.24, 2.45) is 0 Å². The van der Waals surface area contributed by atoms with E-state index < -0.39 is 0 Å². The third kappa shape index (κ3) is 2.03. The highest BCUT2D eigenvalue weighted by Gasteiger charge is 1.98. The van der Waals surface area contributed by atoms with Crippen molar-refractivity contribution in [2.45, 2.75) is 6.54 Å². The Morgan fingerprint density at radius 3 is 2.71 bits per heavy atom. The maximum Gasteiger partial charge on any atom is 0.170 e. The molecule has 0 saturated carbocycles. The van der Waals surface area contributed by atoms with Crippen molar-refractivity contribution in [3.8, 4) is 0 Å². The Morgan fingerprint density at radius 2 is 2.07 bits per heavy atom. The highest BCUT2D eigenvalue weighted by atomic mass is 35.5. The van der Waals surface area contributed by atoms with Gasteiger partial charge < -0.3 is 5.43 Å². The lowest BCUT2D eigenvalue weighted by molar-refractivity contribution is 0.691. The van der Waals surface area contributed by atoms with Crippen molar-refractivity contribution in [1.82, 2.24) is 15.1 Å². The summed E-state index contributed by atoms with van der Waals surface area (Å²) in [6.07, 6.45) is 1.49. The summed E-state index contributed by atoms with van der Waals surface area (Å²) >= 11 is 5.78. The first-order chi connectivity index (χ1) is 6.86. The van der Waals surface area contributed by atoms with Crippen LogP contribution in [0.25, 0.3) is 0 Å². The predicted molar refractivity (Wildman–Crippen MR) is 54.5 cm³/mol. The van der Waals surface area contributed by atoms with Gasteiger partial charge in [-0.25, -0.2) is 0 Å². The Hall–Kier alpha value is -1.55. The van der Waals surface area contributed by atoms with Gasteiger partial charge in [0.25, 0.3) is 0 Å². The molecule has 4 nitrogen and oxygen atoms in total. The molecule has 0 aliphatic carbocycles. The van der Waals surface area contributed by atoms with E-state index in [-0.39, 0.29) is 0 Å². The molecule has 1 aromatic carbocycles. The number of rotatable bonds is 3. The van der Waals surface area contributed by atoms with Crippen molar-refractivity contribution in [3.63, 3.8) is 0 Å². The van der Waals surface area contributed by atoms with Crippen molar-refractivity contribution >= 4 is 11.6 Å². The number of benzene rings is 1. The normalized spacial score (nSPS) is 10.1. The number of hydrogen-bond donors (Lipinski definition) is 1. The molecule has 72 valence electrons. The van der Waals surface area contributed by atoms with E-state index >= 15 is 0 Å². The number of nitrogens with zero attached hydrogens (tertiary/aromatic N) is 3. The third-order valence-electron chi connectivity index (χ3n) is 1.78. The average molecular weight is 209 g/mol. The Labute approximate surface area is 86.5 Å². The van der Waals surface area contributed by atoms with Crippen LogP contribution in [0.1, 0.15) is 5.56 Å². The summed E-state index contributed by atoms with van der Waals surface area (Å²) in [5, 5.41) is 7.88. The molecule has 1 N–H and O–H groups in total. The van der Waals surface area contributed by atoms with Gasteiger partial charge in [-0.3, -0.25) is 0 Å². The van der Waals surface area contributed by atoms with Crippen LogP contribution < -0.4 is 5.43 Å². The number of aromatic nitrogens is 3. The van der Waals surface area contributed by atoms with E-state index in [9.17, 15) is 0 Å². The van der Waals surface area contributed by atoms with Crippen LogP contribution in [0.15, 0.2) is 36.5 Å². The molecule has 0 aliphatic heterocycles. The summed E-state index contributed by atoms with van der Waals surface area (Å²) < 4.78 is 0. The summed E-state index contributed by atoms with van der Waals surface area (Å²) in [6.45, 7) is 0.671. The zero-order chi connectivity index (χ0) is 9.80. The second-order valence-electron chi connectivity index (χ2n) is 2.79. The largest absolute Gasteiger partial charge is 0.303 e. The van der Waals surface area contributed by atoms with Crippen LogP contribution in [0.2, 0.25) is 5.15 Å². The molecular weight excluding hydrogens is 200 g/mol. The molecule has 0 unspecified atom stereocenters. The fourth-order valence-electron chi connectivity index (χ4n) is 1.09. The van der Waals surface area contributed by atoms with Gasteiger partial charge >= 0.3 is 0 Å². The molecule has 1 aromatic heterocycles. The van der Waals surface area contributed by atoms with Crippen LogP contribution in [0, 0.1) is 0 Å². The lowest BCUT2D eigenvalue weighted by Crippen LogP contribution is -2.15. The molecule has 0 fully saturated rings. The first-order valence-corrected chi connectivity index (χ1v) is 4.58. The lowest BCUT2D eigenvalue weighted by atomic mass is 10.2. The quantitative estimate of drug-likeness (QED) is 0.835. The minimum atomic E-state index is 0.473. The van der Waals surface area contributed by atoms with Crippen LogP contribution in [0.3, 0.4) is 0 Å². The fraction of sp³-hybridized carbons (Fsp3) is 0.111. The second kappa shape index (κ2) is 4.11. The Morgan fingerprint density at radius 1 is 1.29 bits per heavy atom. The Balaban J connectivity index is 1.99. The van der Waals surface area contributed by atoms with Crippen LogP contribution in [-0.4, -0.2) is 15.1 Å². The van der Waals surface area contributed by atoms with Gasteiger partial charge in [-0.2, -0.15) is 0 Å². The standard InChI is InChI=1S/C9H9ClN4/c10-9-7-11-13-14(9)12-6-8-4-2-1-3-5-8/h1-5,7,12H,6H2. The molecule has 0 atom stereocenters. The van der Waals surface area contributed by atoms with Gasteiger partial charge in [-0.1, -0.05) is 41.9 Å². The molecule has 0 spiro atoms. The summed E-state index contributed by atoms with van der Waals surface area (Å²) in [5.41, 5.74) is 4.19. The summed E-state index contributed by atoms with van der Waals surface area (Å²) in [7, 11) is 0. The number of hydrogen-bond acceptors (Lipinski definition) is 3. The number of nitrogens with one attached hydrogen (secondary N) is 1. The van der Waals surface area contributed by atoms with Gasteiger partial charge in [0.2, 0.25) is 0 Å². The van der Waals surface area contributed by atoms with Crippen molar-refractivity contribution in [2.75, 3.05) is 5.43 Å². The van der Waals surface area contributed by atoms with Gasteiger partial charge in [0.1, 0.15) is 0 Å². The molecule has 2 aromatic rings. The van der Waals surface area contributed by atoms with Crippen molar-refractivity contribution in [1.29, 1.82) is 0 Å². The lowest BCUT2D eigenvalue weighted by Gasteiger charge is -2.05. The fourth-order valence-corrected chi connectivity index (χ4v) is 1.23. The zero-order valence-electron chi connectivity index (χ0n) is 7.39. The summed E-state index contributed by atoms with van der Waals surface area (Å²) in [6, 6.07) is 10.0. The minimum absolute atomic E-state index is 0.473. The smallest absolute Gasteiger partial charge is 0.170 e. The third-order valence-corrected chi connectivity index (χ3v) is 2.04. The van der Waals surface area contributed by atoms with Crippen LogP contribution in [0.4, 0.5) is 0 Å². The van der Waals surface area contributed by atoms with Crippen LogP contribution in [-0.2, 0) is 6.54 Å². The maximum absolute atomic E-state index is 5.78. The van der Waals surface area contributed by atoms with Gasteiger partial charge in [0.15, 0.2) is 5.15 Å². The molecule has 0 aliphatic rings. The van der Waals surface area contributed by atoms with E-state index in [4.69, 9.17) is 11.6 Å². The van der Waals surface area contributed by atoms with Gasteiger partial charge in [0, 0.05) is 0 Å². The molecule has 2 rings (SSSR count). The van der Waals surface area contributed by atoms with E-state index in [1.54, 1.807) is 0 Å². The first-order valence-electron chi connectivity index (χ1n) is 4.20. The molecule has 0 bridgehead atoms. The van der Waals surface area contributed by atoms with Crippen LogP contribution >= 0.6 is 11.6 Å². The summed E-state index contributed by atoms with van der Waals surface area (Å²) in [4.78, 5) is 1.44. The molecule has 5 heteroatoms. The molecular formula is C9H9ClN4. The van der Waals surface area contributed by atoms with E-state index in [0.717, 1.165) is 0 Å². The minimum Gasteiger partial charge on any atom is -0.303 e. The highest BCUT2D eigenvalue weighted by molar-refractivity contribution is 6.29. The predicted octanol–water partition coefficient (Wildman–Crippen LogP) is 1.68. The van der Waals surface area contributed by atoms with Gasteiger partial charge in [-0.15, -0.1) is 9.89 Å². The van der Waals surface area contributed by atoms with Gasteiger partial charge in [0.05, 0.1) is 12.7 Å². The molecule has 0 amide bonds. The zero-order valence-corrected chi connectivity index (χ0v) is 8.15. The Kier molecular flexibility index (Phi) is 2.65. The van der Waals surface area contributed by atoms with Crippen molar-refractivity contribution < 1.29 is 0 Å². The monoisotopic (exact) mass is 208 g/mol. The van der Waals surface area contributed by atoms with Crippen molar-refractivity contribution in [3.05, 3.63) is 47.2 Å². The average Bonchev–Trinajstić information content (AvgIpc) is 2.63. The Bertz CT molecular complexity index is 398. The maximum atomic E-state index is 5.78. The molecule has 0 saturated heterocycles. The SMILES string of the molecule is Clc1cnnn1NCc1ccccc1. The van der Waals surface area contributed by atoms with E-state index in [0.29, 0.717) is 11.7 Å². The van der Waals surface area contributed by atoms with Crippen LogP contribution in [0.5, 0.6) is 0 Å². The molecule has 1 heterocycles. The number of halogens is 1. The van der Waals surface area contributed by atoms with Gasteiger partial charge in [-0.05, 0) is 10.8 Å². The summed E-state index contributed by atoms with van der Waals surface area (Å²) in [5.74, 6) is 0. The highest BCUT2D eigenvalue weighted by Crippen LogP contribution is 2.03. The van der Waals surface area contributed by atoms with E-state index in [1.165, 1.54) is 16.6 Å². The molecule has 14 heavy (non-hydrogen) atoms. The van der Waals surface area contributed by atoms with E-state index in [2.05, 4.69) is 15.7 Å². The topological polar surface area (TPSA) is 42.7 Å². The van der Waals surface area contributed by atoms with E-state index in [1.807, 2.05) is 30.3 Å². The second-order valence-corrected chi connectivity index (χ2v) is 3.18. The first kappa shape index (κ1) is 9.02. The molecule has 0 radical (unpaired) electrons.